The number of amides is 1. The third kappa shape index (κ3) is 2.84. The molecule has 3 N–H and O–H groups in total. The van der Waals surface area contributed by atoms with Crippen LogP contribution in [0.5, 0.6) is 5.75 Å². The van der Waals surface area contributed by atoms with E-state index in [-0.39, 0.29) is 11.9 Å². The summed E-state index contributed by atoms with van der Waals surface area (Å²) in [4.78, 5) is 13.1. The van der Waals surface area contributed by atoms with Crippen LogP contribution < -0.4 is 15.8 Å². The molecule has 2 aliphatic rings. The van der Waals surface area contributed by atoms with Crippen LogP contribution in [0, 0.1) is 5.92 Å². The lowest BCUT2D eigenvalue weighted by Gasteiger charge is -2.31. The first kappa shape index (κ1) is 15.3. The molecule has 1 aromatic carbocycles. The molecular weight excluding hydrogens is 276 g/mol. The van der Waals surface area contributed by atoms with Crippen LogP contribution in [0.15, 0.2) is 24.3 Å². The number of hydrogen-bond acceptors (Lipinski definition) is 3. The van der Waals surface area contributed by atoms with Crippen molar-refractivity contribution in [1.82, 2.24) is 5.32 Å². The van der Waals surface area contributed by atoms with E-state index < -0.39 is 5.41 Å². The van der Waals surface area contributed by atoms with E-state index in [2.05, 4.69) is 11.4 Å². The van der Waals surface area contributed by atoms with Gasteiger partial charge in [-0.25, -0.2) is 0 Å². The number of nitrogens with two attached hydrogens (primary N) is 1. The van der Waals surface area contributed by atoms with Crippen LogP contribution in [-0.2, 0) is 10.2 Å². The molecule has 1 atom stereocenters. The largest absolute Gasteiger partial charge is 0.497 e. The van der Waals surface area contributed by atoms with Gasteiger partial charge in [0.25, 0.3) is 0 Å². The van der Waals surface area contributed by atoms with Gasteiger partial charge in [-0.05, 0) is 49.3 Å². The molecule has 3 rings (SSSR count). The van der Waals surface area contributed by atoms with Crippen molar-refractivity contribution in [3.8, 4) is 5.75 Å². The van der Waals surface area contributed by atoms with Crippen molar-refractivity contribution >= 4 is 5.91 Å². The molecule has 2 saturated carbocycles. The van der Waals surface area contributed by atoms with Crippen LogP contribution in [0.2, 0.25) is 0 Å². The molecule has 1 unspecified atom stereocenters. The van der Waals surface area contributed by atoms with Gasteiger partial charge in [-0.2, -0.15) is 0 Å². The average Bonchev–Trinajstić information content (AvgIpc) is 3.28. The highest BCUT2D eigenvalue weighted by Crippen LogP contribution is 2.43. The van der Waals surface area contributed by atoms with Gasteiger partial charge >= 0.3 is 0 Å². The number of methoxy groups -OCH3 is 1. The van der Waals surface area contributed by atoms with Crippen molar-refractivity contribution in [1.29, 1.82) is 0 Å². The fraction of sp³-hybridized carbons (Fsp3) is 0.611. The Balaban J connectivity index is 1.85. The quantitative estimate of drug-likeness (QED) is 0.848. The SMILES string of the molecule is COc1cccc(C2(C(=O)NC(CN)C3CC3)CCCC2)c1. The number of rotatable bonds is 6. The van der Waals surface area contributed by atoms with Crippen LogP contribution in [-0.4, -0.2) is 25.6 Å². The maximum absolute atomic E-state index is 13.1. The predicted octanol–water partition coefficient (Wildman–Crippen LogP) is 2.36. The number of carbonyl (C=O) groups excluding carboxylic acids is 1. The third-order valence-electron chi connectivity index (χ3n) is 5.28. The highest BCUT2D eigenvalue weighted by atomic mass is 16.5. The monoisotopic (exact) mass is 302 g/mol. The van der Waals surface area contributed by atoms with Gasteiger partial charge in [-0.1, -0.05) is 25.0 Å². The Kier molecular flexibility index (Phi) is 4.39. The Morgan fingerprint density at radius 3 is 2.73 bits per heavy atom. The minimum atomic E-state index is -0.406. The van der Waals surface area contributed by atoms with Crippen LogP contribution >= 0.6 is 0 Å². The molecule has 4 nitrogen and oxygen atoms in total. The summed E-state index contributed by atoms with van der Waals surface area (Å²) in [5.74, 6) is 1.55. The highest BCUT2D eigenvalue weighted by molar-refractivity contribution is 5.89. The van der Waals surface area contributed by atoms with Gasteiger partial charge in [0, 0.05) is 12.6 Å². The Morgan fingerprint density at radius 1 is 1.41 bits per heavy atom. The van der Waals surface area contributed by atoms with Gasteiger partial charge in [-0.15, -0.1) is 0 Å². The zero-order valence-electron chi connectivity index (χ0n) is 13.3. The smallest absolute Gasteiger partial charge is 0.230 e. The van der Waals surface area contributed by atoms with E-state index in [1.807, 2.05) is 18.2 Å². The van der Waals surface area contributed by atoms with Crippen molar-refractivity contribution in [3.63, 3.8) is 0 Å². The normalized spacial score (nSPS) is 21.4. The van der Waals surface area contributed by atoms with E-state index in [1.165, 1.54) is 12.8 Å². The minimum absolute atomic E-state index is 0.135. The van der Waals surface area contributed by atoms with Gasteiger partial charge in [0.2, 0.25) is 5.91 Å². The number of hydrogen-bond donors (Lipinski definition) is 2. The van der Waals surface area contributed by atoms with Crippen LogP contribution in [0.3, 0.4) is 0 Å². The zero-order chi connectivity index (χ0) is 15.6. The second-order valence-electron chi connectivity index (χ2n) is 6.67. The lowest BCUT2D eigenvalue weighted by molar-refractivity contribution is -0.127. The van der Waals surface area contributed by atoms with Crippen LogP contribution in [0.25, 0.3) is 0 Å². The Hall–Kier alpha value is -1.55. The number of carbonyl (C=O) groups is 1. The lowest BCUT2D eigenvalue weighted by atomic mass is 9.77. The molecule has 22 heavy (non-hydrogen) atoms. The maximum Gasteiger partial charge on any atom is 0.230 e. The lowest BCUT2D eigenvalue weighted by Crippen LogP contribution is -2.50. The summed E-state index contributed by atoms with van der Waals surface area (Å²) in [5.41, 5.74) is 6.52. The molecule has 0 saturated heterocycles. The summed E-state index contributed by atoms with van der Waals surface area (Å²) in [7, 11) is 1.66. The van der Waals surface area contributed by atoms with E-state index in [1.54, 1.807) is 7.11 Å². The first-order valence-electron chi connectivity index (χ1n) is 8.35. The van der Waals surface area contributed by atoms with E-state index in [0.717, 1.165) is 37.0 Å². The van der Waals surface area contributed by atoms with Gasteiger partial charge in [0.15, 0.2) is 0 Å². The molecule has 0 spiro atoms. The van der Waals surface area contributed by atoms with Crippen molar-refractivity contribution < 1.29 is 9.53 Å². The van der Waals surface area contributed by atoms with Gasteiger partial charge in [0.05, 0.1) is 12.5 Å². The molecule has 0 heterocycles. The van der Waals surface area contributed by atoms with Gasteiger partial charge in [-0.3, -0.25) is 4.79 Å². The molecule has 1 amide bonds. The summed E-state index contributed by atoms with van der Waals surface area (Å²) >= 11 is 0. The van der Waals surface area contributed by atoms with E-state index in [0.29, 0.717) is 12.5 Å². The summed E-state index contributed by atoms with van der Waals surface area (Å²) in [6.45, 7) is 0.532. The van der Waals surface area contributed by atoms with Gasteiger partial charge in [0.1, 0.15) is 5.75 Å². The molecule has 4 heteroatoms. The van der Waals surface area contributed by atoms with Gasteiger partial charge < -0.3 is 15.8 Å². The molecular formula is C18H26N2O2. The van der Waals surface area contributed by atoms with E-state index in [4.69, 9.17) is 10.5 Å². The molecule has 1 aromatic rings. The number of benzene rings is 1. The Morgan fingerprint density at radius 2 is 2.14 bits per heavy atom. The fourth-order valence-corrected chi connectivity index (χ4v) is 3.72. The standard InChI is InChI=1S/C18H26N2O2/c1-22-15-6-4-5-14(11-15)18(9-2-3-10-18)17(21)20-16(12-19)13-7-8-13/h4-6,11,13,16H,2-3,7-10,12,19H2,1H3,(H,20,21). The molecule has 0 bridgehead atoms. The summed E-state index contributed by atoms with van der Waals surface area (Å²) in [5, 5.41) is 3.24. The Labute approximate surface area is 132 Å². The van der Waals surface area contributed by atoms with E-state index >= 15 is 0 Å². The third-order valence-corrected chi connectivity index (χ3v) is 5.28. The molecule has 0 radical (unpaired) electrons. The molecule has 120 valence electrons. The molecule has 0 aliphatic heterocycles. The highest BCUT2D eigenvalue weighted by Gasteiger charge is 2.44. The maximum atomic E-state index is 13.1. The summed E-state index contributed by atoms with van der Waals surface area (Å²) in [6, 6.07) is 8.11. The van der Waals surface area contributed by atoms with Crippen LogP contribution in [0.4, 0.5) is 0 Å². The zero-order valence-corrected chi connectivity index (χ0v) is 13.3. The second-order valence-corrected chi connectivity index (χ2v) is 6.67. The molecule has 0 aromatic heterocycles. The average molecular weight is 302 g/mol. The fourth-order valence-electron chi connectivity index (χ4n) is 3.72. The molecule has 2 fully saturated rings. The van der Waals surface area contributed by atoms with Crippen molar-refractivity contribution in [2.75, 3.05) is 13.7 Å². The Bertz CT molecular complexity index is 534. The number of nitrogens with one attached hydrogen (secondary N) is 1. The first-order valence-corrected chi connectivity index (χ1v) is 8.35. The van der Waals surface area contributed by atoms with Crippen molar-refractivity contribution in [2.24, 2.45) is 11.7 Å². The first-order chi connectivity index (χ1) is 10.7. The predicted molar refractivity (Wildman–Crippen MR) is 86.8 cm³/mol. The second kappa shape index (κ2) is 6.29. The van der Waals surface area contributed by atoms with Crippen LogP contribution in [0.1, 0.15) is 44.1 Å². The minimum Gasteiger partial charge on any atom is -0.497 e. The topological polar surface area (TPSA) is 64.3 Å². The van der Waals surface area contributed by atoms with Crippen molar-refractivity contribution in [2.45, 2.75) is 50.0 Å². The molecule has 2 aliphatic carbocycles. The number of ether oxygens (including phenoxy) is 1. The summed E-state index contributed by atoms with van der Waals surface area (Å²) < 4.78 is 5.34. The van der Waals surface area contributed by atoms with E-state index in [9.17, 15) is 4.79 Å². The van der Waals surface area contributed by atoms with Crippen molar-refractivity contribution in [3.05, 3.63) is 29.8 Å². The summed E-state index contributed by atoms with van der Waals surface area (Å²) in [6.07, 6.45) is 6.40.